The van der Waals surface area contributed by atoms with Crippen molar-refractivity contribution in [3.05, 3.63) is 28.0 Å². The Bertz CT molecular complexity index is 392. The predicted molar refractivity (Wildman–Crippen MR) is 55.9 cm³/mol. The van der Waals surface area contributed by atoms with Crippen molar-refractivity contribution in [3.8, 4) is 0 Å². The van der Waals surface area contributed by atoms with Crippen molar-refractivity contribution in [2.75, 3.05) is 13.2 Å². The zero-order valence-electron chi connectivity index (χ0n) is 7.74. The number of aromatic nitrogens is 1. The molecular weight excluding hydrogens is 239 g/mol. The number of carbonyl (C=O) groups excluding carboxylic acids is 1. The summed E-state index contributed by atoms with van der Waals surface area (Å²) in [6.07, 6.45) is 0.823. The molecule has 0 saturated carbocycles. The SMILES string of the molecule is O=C(c1nc(Cl)ccc1Cl)N1CCCO1. The van der Waals surface area contributed by atoms with Gasteiger partial charge >= 0.3 is 0 Å². The summed E-state index contributed by atoms with van der Waals surface area (Å²) < 4.78 is 0. The monoisotopic (exact) mass is 246 g/mol. The molecule has 0 atom stereocenters. The Morgan fingerprint density at radius 1 is 1.47 bits per heavy atom. The van der Waals surface area contributed by atoms with Crippen LogP contribution in [0.25, 0.3) is 0 Å². The van der Waals surface area contributed by atoms with Gasteiger partial charge in [0.2, 0.25) is 0 Å². The summed E-state index contributed by atoms with van der Waals surface area (Å²) in [6, 6.07) is 3.08. The van der Waals surface area contributed by atoms with Gasteiger partial charge in [-0.05, 0) is 18.6 Å². The molecule has 1 amide bonds. The van der Waals surface area contributed by atoms with E-state index in [4.69, 9.17) is 28.0 Å². The van der Waals surface area contributed by atoms with Gasteiger partial charge in [0.25, 0.3) is 5.91 Å². The second-order valence-corrected chi connectivity index (χ2v) is 3.85. The van der Waals surface area contributed by atoms with E-state index in [0.717, 1.165) is 6.42 Å². The molecule has 0 bridgehead atoms. The van der Waals surface area contributed by atoms with Gasteiger partial charge in [0.1, 0.15) is 5.15 Å². The first kappa shape index (κ1) is 10.7. The minimum atomic E-state index is -0.347. The largest absolute Gasteiger partial charge is 0.297 e. The molecule has 6 heteroatoms. The van der Waals surface area contributed by atoms with Gasteiger partial charge < -0.3 is 0 Å². The lowest BCUT2D eigenvalue weighted by Gasteiger charge is -2.13. The summed E-state index contributed by atoms with van der Waals surface area (Å²) >= 11 is 11.5. The van der Waals surface area contributed by atoms with E-state index in [-0.39, 0.29) is 21.8 Å². The number of halogens is 2. The lowest BCUT2D eigenvalue weighted by molar-refractivity contribution is -0.0771. The van der Waals surface area contributed by atoms with Gasteiger partial charge in [-0.1, -0.05) is 23.2 Å². The number of hydrogen-bond acceptors (Lipinski definition) is 3. The third kappa shape index (κ3) is 2.22. The first-order chi connectivity index (χ1) is 7.18. The van der Waals surface area contributed by atoms with Crippen LogP contribution < -0.4 is 0 Å². The van der Waals surface area contributed by atoms with E-state index < -0.39 is 0 Å². The Morgan fingerprint density at radius 3 is 2.93 bits per heavy atom. The molecule has 0 aromatic carbocycles. The number of hydrogen-bond donors (Lipinski definition) is 0. The van der Waals surface area contributed by atoms with Crippen molar-refractivity contribution < 1.29 is 9.63 Å². The maximum absolute atomic E-state index is 11.8. The summed E-state index contributed by atoms with van der Waals surface area (Å²) in [5.74, 6) is -0.347. The molecule has 0 aliphatic carbocycles. The van der Waals surface area contributed by atoms with E-state index in [0.29, 0.717) is 13.2 Å². The molecule has 4 nitrogen and oxygen atoms in total. The smallest absolute Gasteiger partial charge is 0.271 e. The number of pyridine rings is 1. The van der Waals surface area contributed by atoms with Gasteiger partial charge in [0.05, 0.1) is 18.2 Å². The Kier molecular flexibility index (Phi) is 3.09. The average Bonchev–Trinajstić information content (AvgIpc) is 2.74. The van der Waals surface area contributed by atoms with E-state index in [2.05, 4.69) is 4.98 Å². The van der Waals surface area contributed by atoms with E-state index >= 15 is 0 Å². The van der Waals surface area contributed by atoms with E-state index in [1.807, 2.05) is 0 Å². The first-order valence-corrected chi connectivity index (χ1v) is 5.21. The summed E-state index contributed by atoms with van der Waals surface area (Å²) in [6.45, 7) is 1.10. The topological polar surface area (TPSA) is 42.4 Å². The molecule has 0 N–H and O–H groups in total. The van der Waals surface area contributed by atoms with Gasteiger partial charge in [0.15, 0.2) is 5.69 Å². The fourth-order valence-corrected chi connectivity index (χ4v) is 1.63. The first-order valence-electron chi connectivity index (χ1n) is 4.45. The molecule has 80 valence electrons. The van der Waals surface area contributed by atoms with Crippen molar-refractivity contribution in [1.82, 2.24) is 10.0 Å². The van der Waals surface area contributed by atoms with E-state index in [1.54, 1.807) is 6.07 Å². The van der Waals surface area contributed by atoms with Crippen LogP contribution in [0.5, 0.6) is 0 Å². The molecule has 0 spiro atoms. The highest BCUT2D eigenvalue weighted by molar-refractivity contribution is 6.34. The highest BCUT2D eigenvalue weighted by Crippen LogP contribution is 2.20. The molecule has 0 unspecified atom stereocenters. The Balaban J connectivity index is 2.27. The fraction of sp³-hybridized carbons (Fsp3) is 0.333. The van der Waals surface area contributed by atoms with Gasteiger partial charge in [-0.3, -0.25) is 9.63 Å². The van der Waals surface area contributed by atoms with Crippen LogP contribution in [0, 0.1) is 0 Å². The molecule has 1 aromatic rings. The maximum atomic E-state index is 11.8. The van der Waals surface area contributed by atoms with Gasteiger partial charge in [0, 0.05) is 0 Å². The third-order valence-corrected chi connectivity index (χ3v) is 2.51. The standard InChI is InChI=1S/C9H8Cl2N2O2/c10-6-2-3-7(11)12-8(6)9(14)13-4-1-5-15-13/h2-3H,1,4-5H2. The predicted octanol–water partition coefficient (Wildman–Crippen LogP) is 2.17. The van der Waals surface area contributed by atoms with Crippen molar-refractivity contribution in [1.29, 1.82) is 0 Å². The lowest BCUT2D eigenvalue weighted by atomic mass is 10.3. The maximum Gasteiger partial charge on any atom is 0.297 e. The molecule has 1 fully saturated rings. The molecular formula is C9H8Cl2N2O2. The summed E-state index contributed by atoms with van der Waals surface area (Å²) in [4.78, 5) is 20.8. The normalized spacial score (nSPS) is 15.7. The van der Waals surface area contributed by atoms with Gasteiger partial charge in [-0.2, -0.15) is 0 Å². The molecule has 2 heterocycles. The third-order valence-electron chi connectivity index (χ3n) is 1.99. The second-order valence-electron chi connectivity index (χ2n) is 3.06. The molecule has 2 rings (SSSR count). The van der Waals surface area contributed by atoms with E-state index in [1.165, 1.54) is 11.1 Å². The van der Waals surface area contributed by atoms with Crippen molar-refractivity contribution in [2.45, 2.75) is 6.42 Å². The number of carbonyl (C=O) groups is 1. The number of rotatable bonds is 1. The highest BCUT2D eigenvalue weighted by atomic mass is 35.5. The quantitative estimate of drug-likeness (QED) is 0.714. The molecule has 1 aromatic heterocycles. The van der Waals surface area contributed by atoms with Crippen LogP contribution in [0.2, 0.25) is 10.2 Å². The number of amides is 1. The van der Waals surface area contributed by atoms with Crippen molar-refractivity contribution >= 4 is 29.1 Å². The van der Waals surface area contributed by atoms with Crippen LogP contribution in [0.1, 0.15) is 16.9 Å². The van der Waals surface area contributed by atoms with Crippen LogP contribution >= 0.6 is 23.2 Å². The minimum Gasteiger partial charge on any atom is -0.271 e. The fourth-order valence-electron chi connectivity index (χ4n) is 1.29. The van der Waals surface area contributed by atoms with Crippen LogP contribution in [-0.4, -0.2) is 29.1 Å². The number of hydroxylamine groups is 2. The molecule has 0 radical (unpaired) electrons. The Labute approximate surface area is 96.7 Å². The van der Waals surface area contributed by atoms with Crippen LogP contribution in [-0.2, 0) is 4.84 Å². The van der Waals surface area contributed by atoms with Crippen LogP contribution in [0.15, 0.2) is 12.1 Å². The summed E-state index contributed by atoms with van der Waals surface area (Å²) in [7, 11) is 0. The van der Waals surface area contributed by atoms with Gasteiger partial charge in [-0.15, -0.1) is 0 Å². The average molecular weight is 247 g/mol. The zero-order chi connectivity index (χ0) is 10.8. The molecule has 15 heavy (non-hydrogen) atoms. The van der Waals surface area contributed by atoms with Gasteiger partial charge in [-0.25, -0.2) is 10.0 Å². The van der Waals surface area contributed by atoms with E-state index in [9.17, 15) is 4.79 Å². The van der Waals surface area contributed by atoms with Crippen LogP contribution in [0.3, 0.4) is 0 Å². The van der Waals surface area contributed by atoms with Crippen LogP contribution in [0.4, 0.5) is 0 Å². The highest BCUT2D eigenvalue weighted by Gasteiger charge is 2.24. The Hall–Kier alpha value is -0.840. The Morgan fingerprint density at radius 2 is 2.27 bits per heavy atom. The summed E-state index contributed by atoms with van der Waals surface area (Å²) in [5.41, 5.74) is 0.131. The summed E-state index contributed by atoms with van der Waals surface area (Å²) in [5, 5.41) is 1.77. The zero-order valence-corrected chi connectivity index (χ0v) is 9.25. The molecule has 1 saturated heterocycles. The molecule has 1 aliphatic rings. The number of nitrogens with zero attached hydrogens (tertiary/aromatic N) is 2. The lowest BCUT2D eigenvalue weighted by Crippen LogP contribution is -2.27. The van der Waals surface area contributed by atoms with Crippen molar-refractivity contribution in [2.24, 2.45) is 0 Å². The van der Waals surface area contributed by atoms with Crippen molar-refractivity contribution in [3.63, 3.8) is 0 Å². The minimum absolute atomic E-state index is 0.131. The second kappa shape index (κ2) is 4.35. The molecule has 1 aliphatic heterocycles.